The van der Waals surface area contributed by atoms with Crippen LogP contribution in [0.5, 0.6) is 0 Å². The number of H-pyrrole nitrogens is 1. The van der Waals surface area contributed by atoms with Crippen molar-refractivity contribution in [2.45, 2.75) is 45.6 Å². The quantitative estimate of drug-likeness (QED) is 0.689. The fraction of sp³-hybridized carbons (Fsp3) is 0.412. The Hall–Kier alpha value is -2.70. The Kier molecular flexibility index (Phi) is 6.06. The van der Waals surface area contributed by atoms with E-state index in [0.717, 1.165) is 30.7 Å². The van der Waals surface area contributed by atoms with Crippen LogP contribution >= 0.6 is 0 Å². The van der Waals surface area contributed by atoms with E-state index in [2.05, 4.69) is 20.5 Å². The number of carboxylic acid groups (broad SMARTS) is 1. The van der Waals surface area contributed by atoms with Gasteiger partial charge in [-0.3, -0.25) is 9.89 Å². The van der Waals surface area contributed by atoms with Gasteiger partial charge in [-0.2, -0.15) is 5.10 Å². The van der Waals surface area contributed by atoms with Crippen molar-refractivity contribution in [3.05, 3.63) is 35.7 Å². The number of carboxylic acids is 1. The number of carbonyl (C=O) groups is 2. The molecular formula is C17H22N4O3. The van der Waals surface area contributed by atoms with Crippen molar-refractivity contribution in [1.82, 2.24) is 20.5 Å². The van der Waals surface area contributed by atoms with Gasteiger partial charge in [-0.1, -0.05) is 38.8 Å². The molecule has 0 aliphatic heterocycles. The van der Waals surface area contributed by atoms with Crippen molar-refractivity contribution in [1.29, 1.82) is 0 Å². The molecule has 1 aromatic carbocycles. The van der Waals surface area contributed by atoms with E-state index >= 15 is 0 Å². The number of amides is 1. The molecule has 0 spiro atoms. The molecule has 0 aliphatic rings. The molecule has 1 atom stereocenters. The maximum atomic E-state index is 12.2. The zero-order valence-electron chi connectivity index (χ0n) is 13.9. The molecular weight excluding hydrogens is 308 g/mol. The van der Waals surface area contributed by atoms with Crippen LogP contribution in [-0.4, -0.2) is 38.2 Å². The predicted molar refractivity (Wildman–Crippen MR) is 89.6 cm³/mol. The molecule has 0 aliphatic carbocycles. The molecule has 0 bridgehead atoms. The first-order valence-corrected chi connectivity index (χ1v) is 8.10. The van der Waals surface area contributed by atoms with Crippen LogP contribution in [0.4, 0.5) is 0 Å². The van der Waals surface area contributed by atoms with Gasteiger partial charge < -0.3 is 10.4 Å². The number of aromatic amines is 1. The van der Waals surface area contributed by atoms with E-state index in [1.807, 2.05) is 13.8 Å². The van der Waals surface area contributed by atoms with E-state index in [4.69, 9.17) is 0 Å². The monoisotopic (exact) mass is 330 g/mol. The maximum absolute atomic E-state index is 12.2. The van der Waals surface area contributed by atoms with Crippen molar-refractivity contribution in [2.75, 3.05) is 0 Å². The minimum atomic E-state index is -1.01. The Labute approximate surface area is 140 Å². The van der Waals surface area contributed by atoms with E-state index in [1.165, 1.54) is 0 Å². The molecule has 24 heavy (non-hydrogen) atoms. The molecule has 0 fully saturated rings. The fourth-order valence-electron chi connectivity index (χ4n) is 2.26. The fourth-order valence-corrected chi connectivity index (χ4v) is 2.26. The second-order valence-corrected chi connectivity index (χ2v) is 5.54. The highest BCUT2D eigenvalue weighted by atomic mass is 16.4. The maximum Gasteiger partial charge on any atom is 0.326 e. The van der Waals surface area contributed by atoms with E-state index < -0.39 is 17.9 Å². The third kappa shape index (κ3) is 4.41. The number of unbranched alkanes of at least 4 members (excludes halogenated alkanes) is 1. The molecule has 0 unspecified atom stereocenters. The van der Waals surface area contributed by atoms with Crippen molar-refractivity contribution in [2.24, 2.45) is 0 Å². The zero-order valence-corrected chi connectivity index (χ0v) is 13.9. The highest BCUT2D eigenvalue weighted by molar-refractivity contribution is 5.96. The number of nitrogens with zero attached hydrogens (tertiary/aromatic N) is 2. The molecule has 7 nitrogen and oxygen atoms in total. The van der Waals surface area contributed by atoms with Crippen molar-refractivity contribution >= 4 is 11.9 Å². The molecule has 1 heterocycles. The number of aryl methyl sites for hydroxylation is 1. The number of aliphatic carboxylic acids is 1. The van der Waals surface area contributed by atoms with Crippen LogP contribution in [0, 0.1) is 0 Å². The van der Waals surface area contributed by atoms with Gasteiger partial charge in [0.25, 0.3) is 5.91 Å². The SMILES string of the molecule is CCCC[C@H](NC(=O)c1ccc(-c2n[nH]c(CC)n2)cc1)C(=O)O. The van der Waals surface area contributed by atoms with Gasteiger partial charge in [-0.05, 0) is 18.6 Å². The van der Waals surface area contributed by atoms with Gasteiger partial charge in [-0.25, -0.2) is 9.78 Å². The second-order valence-electron chi connectivity index (χ2n) is 5.54. The van der Waals surface area contributed by atoms with E-state index in [-0.39, 0.29) is 0 Å². The van der Waals surface area contributed by atoms with Gasteiger partial charge in [-0.15, -0.1) is 0 Å². The van der Waals surface area contributed by atoms with Gasteiger partial charge in [0, 0.05) is 17.5 Å². The summed E-state index contributed by atoms with van der Waals surface area (Å²) < 4.78 is 0. The molecule has 2 aromatic rings. The van der Waals surface area contributed by atoms with Crippen LogP contribution in [0.15, 0.2) is 24.3 Å². The molecule has 0 radical (unpaired) electrons. The lowest BCUT2D eigenvalue weighted by Crippen LogP contribution is -2.40. The summed E-state index contributed by atoms with van der Waals surface area (Å²) >= 11 is 0. The summed E-state index contributed by atoms with van der Waals surface area (Å²) in [5, 5.41) is 18.7. The van der Waals surface area contributed by atoms with Gasteiger partial charge in [0.05, 0.1) is 0 Å². The lowest BCUT2D eigenvalue weighted by atomic mass is 10.1. The van der Waals surface area contributed by atoms with Crippen LogP contribution in [0.2, 0.25) is 0 Å². The Balaban J connectivity index is 2.06. The van der Waals surface area contributed by atoms with E-state index in [9.17, 15) is 14.7 Å². The third-order valence-electron chi connectivity index (χ3n) is 3.72. The van der Waals surface area contributed by atoms with Crippen LogP contribution in [0.25, 0.3) is 11.4 Å². The number of nitrogens with one attached hydrogen (secondary N) is 2. The third-order valence-corrected chi connectivity index (χ3v) is 3.72. The number of hydrogen-bond donors (Lipinski definition) is 3. The summed E-state index contributed by atoms with van der Waals surface area (Å²) in [7, 11) is 0. The number of aromatic nitrogens is 3. The average molecular weight is 330 g/mol. The molecule has 128 valence electrons. The molecule has 7 heteroatoms. The van der Waals surface area contributed by atoms with Crippen LogP contribution in [0.3, 0.4) is 0 Å². The molecule has 2 rings (SSSR count). The standard InChI is InChI=1S/C17H22N4O3/c1-3-5-6-13(17(23)24)18-16(22)12-9-7-11(8-10-12)15-19-14(4-2)20-21-15/h7-10,13H,3-6H2,1-2H3,(H,18,22)(H,23,24)(H,19,20,21)/t13-/m0/s1. The first-order chi connectivity index (χ1) is 11.5. The van der Waals surface area contributed by atoms with Crippen molar-refractivity contribution < 1.29 is 14.7 Å². The van der Waals surface area contributed by atoms with Gasteiger partial charge in [0.15, 0.2) is 5.82 Å². The van der Waals surface area contributed by atoms with Crippen molar-refractivity contribution in [3.63, 3.8) is 0 Å². The number of hydrogen-bond acceptors (Lipinski definition) is 4. The lowest BCUT2D eigenvalue weighted by molar-refractivity contribution is -0.139. The predicted octanol–water partition coefficient (Wildman–Crippen LogP) is 2.41. The highest BCUT2D eigenvalue weighted by Gasteiger charge is 2.20. The first kappa shape index (κ1) is 17.7. The summed E-state index contributed by atoms with van der Waals surface area (Å²) in [6.45, 7) is 3.96. The molecule has 3 N–H and O–H groups in total. The Morgan fingerprint density at radius 1 is 1.25 bits per heavy atom. The van der Waals surface area contributed by atoms with Crippen LogP contribution < -0.4 is 5.32 Å². The van der Waals surface area contributed by atoms with E-state index in [0.29, 0.717) is 17.8 Å². The second kappa shape index (κ2) is 8.24. The number of benzene rings is 1. The van der Waals surface area contributed by atoms with Gasteiger partial charge >= 0.3 is 5.97 Å². The lowest BCUT2D eigenvalue weighted by Gasteiger charge is -2.14. The number of rotatable bonds is 8. The van der Waals surface area contributed by atoms with E-state index in [1.54, 1.807) is 24.3 Å². The largest absolute Gasteiger partial charge is 0.480 e. The average Bonchev–Trinajstić information content (AvgIpc) is 3.07. The van der Waals surface area contributed by atoms with Crippen LogP contribution in [0.1, 0.15) is 49.3 Å². The minimum absolute atomic E-state index is 0.394. The Bertz CT molecular complexity index is 694. The topological polar surface area (TPSA) is 108 Å². The Morgan fingerprint density at radius 2 is 1.96 bits per heavy atom. The highest BCUT2D eigenvalue weighted by Crippen LogP contribution is 2.16. The summed E-state index contributed by atoms with van der Waals surface area (Å²) in [6.07, 6.45) is 2.82. The molecule has 0 saturated carbocycles. The minimum Gasteiger partial charge on any atom is -0.480 e. The molecule has 0 saturated heterocycles. The summed E-state index contributed by atoms with van der Waals surface area (Å²) in [5.41, 5.74) is 1.20. The zero-order chi connectivity index (χ0) is 17.5. The van der Waals surface area contributed by atoms with Gasteiger partial charge in [0.2, 0.25) is 0 Å². The summed E-state index contributed by atoms with van der Waals surface area (Å²) in [4.78, 5) is 27.8. The van der Waals surface area contributed by atoms with Crippen LogP contribution in [-0.2, 0) is 11.2 Å². The summed E-state index contributed by atoms with van der Waals surface area (Å²) in [5.74, 6) is -0.0345. The smallest absolute Gasteiger partial charge is 0.326 e. The number of carbonyl (C=O) groups excluding carboxylic acids is 1. The first-order valence-electron chi connectivity index (χ1n) is 8.10. The van der Waals surface area contributed by atoms with Crippen molar-refractivity contribution in [3.8, 4) is 11.4 Å². The Morgan fingerprint density at radius 3 is 2.50 bits per heavy atom. The summed E-state index contributed by atoms with van der Waals surface area (Å²) in [6, 6.07) is 5.92. The normalized spacial score (nSPS) is 11.9. The van der Waals surface area contributed by atoms with Gasteiger partial charge in [0.1, 0.15) is 11.9 Å². The molecule has 1 aromatic heterocycles. The molecule has 1 amide bonds.